The minimum Gasteiger partial charge on any atom is -0.435 e. The zero-order chi connectivity index (χ0) is 29.8. The Morgan fingerprint density at radius 1 is 1.05 bits per heavy atom. The van der Waals surface area contributed by atoms with E-state index < -0.39 is 11.7 Å². The minimum absolute atomic E-state index is 0.0540. The summed E-state index contributed by atoms with van der Waals surface area (Å²) in [7, 11) is 1.91. The van der Waals surface area contributed by atoms with Crippen LogP contribution >= 0.6 is 0 Å². The highest BCUT2D eigenvalue weighted by Crippen LogP contribution is 2.56. The van der Waals surface area contributed by atoms with E-state index >= 15 is 0 Å². The van der Waals surface area contributed by atoms with E-state index in [1.54, 1.807) is 0 Å². The lowest BCUT2D eigenvalue weighted by Gasteiger charge is -2.52. The molecule has 43 heavy (non-hydrogen) atoms. The SMILES string of the molecule is CN1C(=O)c2cccc(C3CC3)c2[C@H]2C[C@@H]1c1nc3ccc(-c4cnc(C5(OC(N)=O)CCC5C(C)(C)C)nc4)cc3n12. The number of nitrogens with two attached hydrogens (primary N) is 1. The third-order valence-corrected chi connectivity index (χ3v) is 10.3. The lowest BCUT2D eigenvalue weighted by Crippen LogP contribution is -2.54. The molecule has 2 aromatic heterocycles. The lowest BCUT2D eigenvalue weighted by atomic mass is 9.58. The standard InChI is InChI=1S/C34H36N6O3/c1-33(2,3)27-12-13-34(27,43-32(35)42)31-36-16-20(17-37-31)19-10-11-23-24(14-19)40-25-15-26(29(40)38-23)39(4)30(41)22-7-5-6-21(28(22)25)18-8-9-18/h5-7,10-11,14,16-18,25-27H,8-9,12-13,15H2,1-4H3,(H2,35,42)/t25-,26-,27?,34?/m1/s1. The maximum Gasteiger partial charge on any atom is 0.405 e. The van der Waals surface area contributed by atoms with Gasteiger partial charge in [-0.05, 0) is 71.9 Å². The van der Waals surface area contributed by atoms with Gasteiger partial charge in [0, 0.05) is 42.9 Å². The smallest absolute Gasteiger partial charge is 0.405 e. The molecule has 2 aliphatic carbocycles. The first-order valence-corrected chi connectivity index (χ1v) is 15.3. The van der Waals surface area contributed by atoms with Gasteiger partial charge in [0.15, 0.2) is 11.4 Å². The van der Waals surface area contributed by atoms with Crippen molar-refractivity contribution in [3.63, 3.8) is 0 Å². The van der Waals surface area contributed by atoms with Crippen LogP contribution in [0, 0.1) is 11.3 Å². The summed E-state index contributed by atoms with van der Waals surface area (Å²) in [6, 6.07) is 12.5. The summed E-state index contributed by atoms with van der Waals surface area (Å²) < 4.78 is 8.11. The molecule has 2 aromatic carbocycles. The van der Waals surface area contributed by atoms with Crippen LogP contribution in [0.5, 0.6) is 0 Å². The number of amides is 2. The van der Waals surface area contributed by atoms with Crippen molar-refractivity contribution >= 4 is 23.0 Å². The van der Waals surface area contributed by atoms with Gasteiger partial charge in [-0.3, -0.25) is 4.79 Å². The van der Waals surface area contributed by atoms with E-state index in [-0.39, 0.29) is 29.3 Å². The number of carbonyl (C=O) groups is 2. The normalized spacial score (nSPS) is 26.1. The van der Waals surface area contributed by atoms with Crippen LogP contribution in [0.4, 0.5) is 4.79 Å². The predicted octanol–water partition coefficient (Wildman–Crippen LogP) is 6.24. The van der Waals surface area contributed by atoms with Crippen LogP contribution in [0.3, 0.4) is 0 Å². The van der Waals surface area contributed by atoms with Crippen LogP contribution in [-0.4, -0.2) is 43.5 Å². The van der Waals surface area contributed by atoms with Gasteiger partial charge in [-0.2, -0.15) is 0 Å². The zero-order valence-electron chi connectivity index (χ0n) is 25.0. The number of fused-ring (bicyclic) bond motifs is 9. The number of hydrogen-bond donors (Lipinski definition) is 1. The summed E-state index contributed by atoms with van der Waals surface area (Å²) >= 11 is 0. The molecular weight excluding hydrogens is 540 g/mol. The number of hydrogen-bond acceptors (Lipinski definition) is 6. The molecule has 0 saturated heterocycles. The Morgan fingerprint density at radius 3 is 2.47 bits per heavy atom. The Morgan fingerprint density at radius 2 is 1.81 bits per heavy atom. The van der Waals surface area contributed by atoms with Gasteiger partial charge in [0.2, 0.25) is 0 Å². The van der Waals surface area contributed by atoms with E-state index in [0.717, 1.165) is 46.4 Å². The number of nitrogens with zero attached hydrogens (tertiary/aromatic N) is 5. The van der Waals surface area contributed by atoms with Crippen molar-refractivity contribution in [1.29, 1.82) is 0 Å². The fraction of sp³-hybridized carbons (Fsp3) is 0.441. The zero-order valence-corrected chi connectivity index (χ0v) is 25.0. The molecule has 4 aliphatic rings. The molecule has 2 saturated carbocycles. The molecular formula is C34H36N6O3. The molecule has 9 nitrogen and oxygen atoms in total. The molecule has 2 aliphatic heterocycles. The molecule has 4 aromatic rings. The Labute approximate surface area is 250 Å². The van der Waals surface area contributed by atoms with E-state index in [4.69, 9.17) is 25.4 Å². The topological polar surface area (TPSA) is 116 Å². The molecule has 9 heteroatoms. The number of benzene rings is 2. The number of primary amides is 1. The van der Waals surface area contributed by atoms with Crippen molar-refractivity contribution < 1.29 is 14.3 Å². The van der Waals surface area contributed by atoms with E-state index in [0.29, 0.717) is 18.2 Å². The number of rotatable bonds is 4. The van der Waals surface area contributed by atoms with E-state index in [1.165, 1.54) is 24.0 Å². The van der Waals surface area contributed by atoms with Gasteiger partial charge >= 0.3 is 6.09 Å². The van der Waals surface area contributed by atoms with Crippen LogP contribution in [0.1, 0.15) is 104 Å². The first kappa shape index (κ1) is 26.4. The van der Waals surface area contributed by atoms with Crippen LogP contribution in [0.25, 0.3) is 22.2 Å². The number of aromatic nitrogens is 4. The molecule has 4 heterocycles. The van der Waals surface area contributed by atoms with Crippen molar-refractivity contribution in [2.24, 2.45) is 17.1 Å². The first-order valence-electron chi connectivity index (χ1n) is 15.3. The second-order valence-corrected chi connectivity index (χ2v) is 13.9. The third-order valence-electron chi connectivity index (χ3n) is 10.3. The molecule has 2 unspecified atom stereocenters. The molecule has 8 rings (SSSR count). The summed E-state index contributed by atoms with van der Waals surface area (Å²) in [6.45, 7) is 6.42. The fourth-order valence-corrected chi connectivity index (χ4v) is 8.07. The van der Waals surface area contributed by atoms with Crippen LogP contribution in [0.15, 0.2) is 48.8 Å². The van der Waals surface area contributed by atoms with Crippen LogP contribution < -0.4 is 5.73 Å². The van der Waals surface area contributed by atoms with E-state index in [2.05, 4.69) is 37.5 Å². The Kier molecular flexibility index (Phi) is 5.44. The van der Waals surface area contributed by atoms with Crippen molar-refractivity contribution in [2.45, 2.75) is 76.5 Å². The largest absolute Gasteiger partial charge is 0.435 e. The van der Waals surface area contributed by atoms with Gasteiger partial charge in [0.1, 0.15) is 5.82 Å². The summed E-state index contributed by atoms with van der Waals surface area (Å²) in [6.07, 6.45) is 7.57. The van der Waals surface area contributed by atoms with E-state index in [9.17, 15) is 9.59 Å². The van der Waals surface area contributed by atoms with E-state index in [1.807, 2.05) is 48.6 Å². The highest BCUT2D eigenvalue weighted by atomic mass is 16.6. The number of carbonyl (C=O) groups excluding carboxylic acids is 2. The molecule has 2 fully saturated rings. The predicted molar refractivity (Wildman–Crippen MR) is 161 cm³/mol. The van der Waals surface area contributed by atoms with Gasteiger partial charge in [0.05, 0.1) is 23.1 Å². The summed E-state index contributed by atoms with van der Waals surface area (Å²) in [5.74, 6) is 2.12. The second-order valence-electron chi connectivity index (χ2n) is 13.9. The van der Waals surface area contributed by atoms with Crippen LogP contribution in [-0.2, 0) is 10.3 Å². The van der Waals surface area contributed by atoms with Gasteiger partial charge < -0.3 is 19.9 Å². The van der Waals surface area contributed by atoms with Gasteiger partial charge in [-0.1, -0.05) is 39.0 Å². The lowest BCUT2D eigenvalue weighted by molar-refractivity contribution is -0.149. The number of ether oxygens (including phenoxy) is 1. The quantitative estimate of drug-likeness (QED) is 0.308. The van der Waals surface area contributed by atoms with Gasteiger partial charge in [-0.25, -0.2) is 19.7 Å². The third kappa shape index (κ3) is 3.79. The first-order chi connectivity index (χ1) is 20.6. The van der Waals surface area contributed by atoms with Crippen molar-refractivity contribution in [3.05, 3.63) is 77.1 Å². The summed E-state index contributed by atoms with van der Waals surface area (Å²) in [5.41, 5.74) is 11.6. The average molecular weight is 577 g/mol. The molecule has 4 atom stereocenters. The monoisotopic (exact) mass is 576 g/mol. The maximum absolute atomic E-state index is 13.6. The fourth-order valence-electron chi connectivity index (χ4n) is 8.07. The molecule has 2 bridgehead atoms. The Hall–Kier alpha value is -4.27. The molecule has 2 amide bonds. The highest BCUT2D eigenvalue weighted by Gasteiger charge is 2.58. The molecule has 220 valence electrons. The minimum atomic E-state index is -0.912. The highest BCUT2D eigenvalue weighted by molar-refractivity contribution is 5.97. The molecule has 0 spiro atoms. The summed E-state index contributed by atoms with van der Waals surface area (Å²) in [5, 5.41) is 0. The Balaban J connectivity index is 1.21. The van der Waals surface area contributed by atoms with Gasteiger partial charge in [0.25, 0.3) is 5.91 Å². The van der Waals surface area contributed by atoms with Crippen LogP contribution in [0.2, 0.25) is 0 Å². The average Bonchev–Trinajstić information content (AvgIpc) is 3.66. The maximum atomic E-state index is 13.6. The van der Waals surface area contributed by atoms with Crippen molar-refractivity contribution in [3.8, 4) is 11.1 Å². The Bertz CT molecular complexity index is 1820. The van der Waals surface area contributed by atoms with Gasteiger partial charge in [-0.15, -0.1) is 0 Å². The molecule has 2 N–H and O–H groups in total. The second kappa shape index (κ2) is 8.88. The van der Waals surface area contributed by atoms with Crippen molar-refractivity contribution in [1.82, 2.24) is 24.4 Å². The number of imidazole rings is 1. The summed E-state index contributed by atoms with van der Waals surface area (Å²) in [4.78, 5) is 41.9. The molecule has 0 radical (unpaired) electrons. The van der Waals surface area contributed by atoms with Crippen molar-refractivity contribution in [2.75, 3.05) is 7.05 Å².